The zero-order valence-corrected chi connectivity index (χ0v) is 11.6. The molecule has 2 N–H and O–H groups in total. The molecule has 1 heterocycles. The Balaban J connectivity index is 1.94. The van der Waals surface area contributed by atoms with Crippen LogP contribution in [0.4, 0.5) is 10.2 Å². The minimum absolute atomic E-state index is 0.103. The second-order valence-electron chi connectivity index (χ2n) is 4.98. The molecule has 1 atom stereocenters. The summed E-state index contributed by atoms with van der Waals surface area (Å²) in [6, 6.07) is 16.3. The number of nitrogen functional groups attached to an aromatic ring is 1. The van der Waals surface area contributed by atoms with Crippen LogP contribution in [0.25, 0.3) is 11.1 Å². The summed E-state index contributed by atoms with van der Waals surface area (Å²) in [5, 5.41) is 3.66. The molecule has 0 bridgehead atoms. The average Bonchev–Trinajstić information content (AvgIpc) is 2.94. The van der Waals surface area contributed by atoms with Gasteiger partial charge in [0.1, 0.15) is 11.6 Å². The topological polar surface area (TPSA) is 52.0 Å². The highest BCUT2D eigenvalue weighted by Gasteiger charge is 2.16. The van der Waals surface area contributed by atoms with Gasteiger partial charge in [-0.2, -0.15) is 0 Å². The van der Waals surface area contributed by atoms with Crippen molar-refractivity contribution in [3.8, 4) is 11.1 Å². The number of nitrogens with two attached hydrogens (primary N) is 1. The zero-order valence-electron chi connectivity index (χ0n) is 11.6. The van der Waals surface area contributed by atoms with Crippen molar-refractivity contribution < 1.29 is 8.91 Å². The maximum atomic E-state index is 14.3. The molecular weight excluding hydrogens is 267 g/mol. The number of anilines is 1. The molecule has 4 heteroatoms. The first-order valence-electron chi connectivity index (χ1n) is 6.72. The van der Waals surface area contributed by atoms with Crippen molar-refractivity contribution >= 4 is 5.82 Å². The summed E-state index contributed by atoms with van der Waals surface area (Å²) >= 11 is 0. The Morgan fingerprint density at radius 2 is 1.86 bits per heavy atom. The monoisotopic (exact) mass is 282 g/mol. The van der Waals surface area contributed by atoms with Crippen LogP contribution in [0, 0.1) is 5.82 Å². The summed E-state index contributed by atoms with van der Waals surface area (Å²) in [6.45, 7) is 1.93. The van der Waals surface area contributed by atoms with E-state index in [4.69, 9.17) is 10.3 Å². The third kappa shape index (κ3) is 2.65. The Hall–Kier alpha value is -2.62. The van der Waals surface area contributed by atoms with Gasteiger partial charge in [0.2, 0.25) is 0 Å². The van der Waals surface area contributed by atoms with E-state index in [1.807, 2.05) is 43.3 Å². The van der Waals surface area contributed by atoms with Crippen molar-refractivity contribution in [3.05, 3.63) is 71.7 Å². The first-order chi connectivity index (χ1) is 10.1. The first-order valence-corrected chi connectivity index (χ1v) is 6.72. The summed E-state index contributed by atoms with van der Waals surface area (Å²) < 4.78 is 19.5. The van der Waals surface area contributed by atoms with Crippen LogP contribution in [0.5, 0.6) is 0 Å². The smallest absolute Gasteiger partial charge is 0.167 e. The molecule has 0 aliphatic carbocycles. The number of hydrogen-bond acceptors (Lipinski definition) is 3. The number of halogens is 1. The normalized spacial score (nSPS) is 12.3. The van der Waals surface area contributed by atoms with Gasteiger partial charge in [0.15, 0.2) is 5.82 Å². The first kappa shape index (κ1) is 13.4. The molecule has 21 heavy (non-hydrogen) atoms. The third-order valence-electron chi connectivity index (χ3n) is 3.55. The molecule has 0 spiro atoms. The Bertz CT molecular complexity index is 752. The SMILES string of the molecule is CC(c1ccc(-c2ccccc2)c(F)c1)c1cc(N)no1. The molecule has 0 aliphatic heterocycles. The van der Waals surface area contributed by atoms with Crippen LogP contribution >= 0.6 is 0 Å². The Morgan fingerprint density at radius 3 is 2.48 bits per heavy atom. The quantitative estimate of drug-likeness (QED) is 0.782. The standard InChI is InChI=1S/C17H15FN2O/c1-11(16-10-17(19)20-21-16)13-7-8-14(15(18)9-13)12-5-3-2-4-6-12/h2-11H,1H3,(H2,19,20). The molecule has 1 aromatic heterocycles. The second kappa shape index (κ2) is 5.40. The molecule has 0 saturated carbocycles. The fraction of sp³-hybridized carbons (Fsp3) is 0.118. The molecule has 0 saturated heterocycles. The zero-order chi connectivity index (χ0) is 14.8. The fourth-order valence-electron chi connectivity index (χ4n) is 2.32. The molecule has 1 unspecified atom stereocenters. The Kier molecular flexibility index (Phi) is 3.44. The van der Waals surface area contributed by atoms with E-state index >= 15 is 0 Å². The number of benzene rings is 2. The predicted molar refractivity (Wildman–Crippen MR) is 80.3 cm³/mol. The lowest BCUT2D eigenvalue weighted by molar-refractivity contribution is 0.378. The average molecular weight is 282 g/mol. The molecule has 106 valence electrons. The molecular formula is C17H15FN2O. The van der Waals surface area contributed by atoms with Gasteiger partial charge in [-0.25, -0.2) is 4.39 Å². The molecule has 0 radical (unpaired) electrons. The van der Waals surface area contributed by atoms with E-state index in [9.17, 15) is 4.39 Å². The van der Waals surface area contributed by atoms with E-state index in [0.717, 1.165) is 11.1 Å². The molecule has 2 aromatic carbocycles. The van der Waals surface area contributed by atoms with Crippen molar-refractivity contribution in [3.63, 3.8) is 0 Å². The largest absolute Gasteiger partial charge is 0.381 e. The van der Waals surface area contributed by atoms with Crippen LogP contribution < -0.4 is 5.73 Å². The minimum atomic E-state index is -0.252. The predicted octanol–water partition coefficient (Wildman–Crippen LogP) is 4.21. The molecule has 3 nitrogen and oxygen atoms in total. The molecule has 0 amide bonds. The van der Waals surface area contributed by atoms with Gasteiger partial charge in [-0.05, 0) is 17.2 Å². The van der Waals surface area contributed by atoms with Crippen molar-refractivity contribution in [2.24, 2.45) is 0 Å². The number of hydrogen-bond donors (Lipinski definition) is 1. The summed E-state index contributed by atoms with van der Waals surface area (Å²) in [5.41, 5.74) is 7.81. The van der Waals surface area contributed by atoms with Crippen molar-refractivity contribution in [2.45, 2.75) is 12.8 Å². The lowest BCUT2D eigenvalue weighted by Crippen LogP contribution is -1.96. The van der Waals surface area contributed by atoms with E-state index in [1.165, 1.54) is 6.07 Å². The van der Waals surface area contributed by atoms with Gasteiger partial charge in [0.05, 0.1) is 0 Å². The van der Waals surface area contributed by atoms with Crippen LogP contribution in [0.3, 0.4) is 0 Å². The molecule has 0 aliphatic rings. The van der Waals surface area contributed by atoms with Crippen LogP contribution in [-0.2, 0) is 0 Å². The molecule has 0 fully saturated rings. The van der Waals surface area contributed by atoms with Gasteiger partial charge in [-0.3, -0.25) is 0 Å². The number of aromatic nitrogens is 1. The van der Waals surface area contributed by atoms with Gasteiger partial charge in [0.25, 0.3) is 0 Å². The van der Waals surface area contributed by atoms with Crippen LogP contribution in [0.15, 0.2) is 59.1 Å². The van der Waals surface area contributed by atoms with Crippen molar-refractivity contribution in [2.75, 3.05) is 5.73 Å². The number of rotatable bonds is 3. The minimum Gasteiger partial charge on any atom is -0.381 e. The van der Waals surface area contributed by atoms with Gasteiger partial charge >= 0.3 is 0 Å². The van der Waals surface area contributed by atoms with E-state index in [1.54, 1.807) is 12.1 Å². The highest BCUT2D eigenvalue weighted by Crippen LogP contribution is 2.29. The summed E-state index contributed by atoms with van der Waals surface area (Å²) in [4.78, 5) is 0. The van der Waals surface area contributed by atoms with E-state index in [0.29, 0.717) is 17.1 Å². The lowest BCUT2D eigenvalue weighted by atomic mass is 9.95. The van der Waals surface area contributed by atoms with Gasteiger partial charge in [-0.15, -0.1) is 0 Å². The number of nitrogens with zero attached hydrogens (tertiary/aromatic N) is 1. The lowest BCUT2D eigenvalue weighted by Gasteiger charge is -2.10. The van der Waals surface area contributed by atoms with Crippen molar-refractivity contribution in [1.29, 1.82) is 0 Å². The summed E-state index contributed by atoms with van der Waals surface area (Å²) in [6.07, 6.45) is 0. The highest BCUT2D eigenvalue weighted by molar-refractivity contribution is 5.64. The van der Waals surface area contributed by atoms with E-state index in [-0.39, 0.29) is 11.7 Å². The summed E-state index contributed by atoms with van der Waals surface area (Å²) in [5.74, 6) is 0.602. The Morgan fingerprint density at radius 1 is 1.10 bits per heavy atom. The van der Waals surface area contributed by atoms with Crippen LogP contribution in [-0.4, -0.2) is 5.16 Å². The van der Waals surface area contributed by atoms with Gasteiger partial charge < -0.3 is 10.3 Å². The fourth-order valence-corrected chi connectivity index (χ4v) is 2.32. The molecule has 3 aromatic rings. The molecule has 3 rings (SSSR count). The van der Waals surface area contributed by atoms with E-state index < -0.39 is 0 Å². The van der Waals surface area contributed by atoms with Crippen molar-refractivity contribution in [1.82, 2.24) is 5.16 Å². The summed E-state index contributed by atoms with van der Waals surface area (Å²) in [7, 11) is 0. The third-order valence-corrected chi connectivity index (χ3v) is 3.55. The second-order valence-corrected chi connectivity index (χ2v) is 4.98. The maximum absolute atomic E-state index is 14.3. The highest BCUT2D eigenvalue weighted by atomic mass is 19.1. The van der Waals surface area contributed by atoms with Gasteiger partial charge in [-0.1, -0.05) is 54.5 Å². The van der Waals surface area contributed by atoms with Gasteiger partial charge in [0, 0.05) is 17.5 Å². The maximum Gasteiger partial charge on any atom is 0.167 e. The Labute approximate surface area is 122 Å². The van der Waals surface area contributed by atoms with Crippen LogP contribution in [0.1, 0.15) is 24.2 Å². The van der Waals surface area contributed by atoms with E-state index in [2.05, 4.69) is 5.16 Å². The van der Waals surface area contributed by atoms with Crippen LogP contribution in [0.2, 0.25) is 0 Å².